The van der Waals surface area contributed by atoms with E-state index in [-0.39, 0.29) is 19.5 Å². The van der Waals surface area contributed by atoms with E-state index < -0.39 is 0 Å². The van der Waals surface area contributed by atoms with Crippen LogP contribution in [0.4, 0.5) is 0 Å². The molecule has 0 nitrogen and oxygen atoms in total. The third kappa shape index (κ3) is 2.75. The summed E-state index contributed by atoms with van der Waals surface area (Å²) < 4.78 is 0. The van der Waals surface area contributed by atoms with Crippen molar-refractivity contribution in [2.24, 2.45) is 0 Å². The third-order valence-corrected chi connectivity index (χ3v) is 1.81. The number of benzene rings is 1. The van der Waals surface area contributed by atoms with E-state index >= 15 is 0 Å². The molecule has 1 heteroatoms. The number of hydrogen-bond donors (Lipinski definition) is 0. The average molecular weight is 235 g/mol. The Morgan fingerprint density at radius 1 is 1.09 bits per heavy atom. The van der Waals surface area contributed by atoms with Gasteiger partial charge in [0.15, 0.2) is 0 Å². The first kappa shape index (κ1) is 10.8. The molecular weight excluding hydrogens is 221 g/mol. The summed E-state index contributed by atoms with van der Waals surface area (Å²) in [5.41, 5.74) is 2.86. The van der Waals surface area contributed by atoms with Gasteiger partial charge < -0.3 is 0 Å². The van der Waals surface area contributed by atoms with E-state index in [4.69, 9.17) is 0 Å². The van der Waals surface area contributed by atoms with Gasteiger partial charge in [-0.15, -0.1) is 0 Å². The molecule has 1 rings (SSSR count). The van der Waals surface area contributed by atoms with Gasteiger partial charge in [0, 0.05) is 19.5 Å². The standard InChI is InChI=1S/C10H14.Ru/c1-8(2)10-7-5-4-6-9(10)3;/h4-8H,1-3H3;. The first-order valence-electron chi connectivity index (χ1n) is 3.77. The van der Waals surface area contributed by atoms with E-state index in [1.807, 2.05) is 0 Å². The van der Waals surface area contributed by atoms with Gasteiger partial charge in [-0.25, -0.2) is 0 Å². The van der Waals surface area contributed by atoms with Gasteiger partial charge in [-0.3, -0.25) is 0 Å². The molecule has 0 aliphatic heterocycles. The zero-order chi connectivity index (χ0) is 7.56. The zero-order valence-electron chi connectivity index (χ0n) is 7.24. The molecule has 0 fully saturated rings. The van der Waals surface area contributed by atoms with E-state index in [0.29, 0.717) is 5.92 Å². The molecule has 62 valence electrons. The van der Waals surface area contributed by atoms with Crippen LogP contribution in [-0.4, -0.2) is 0 Å². The topological polar surface area (TPSA) is 0 Å². The van der Waals surface area contributed by atoms with Gasteiger partial charge >= 0.3 is 0 Å². The molecule has 11 heavy (non-hydrogen) atoms. The van der Waals surface area contributed by atoms with Crippen molar-refractivity contribution in [3.8, 4) is 0 Å². The molecule has 0 N–H and O–H groups in total. The average Bonchev–Trinajstić information content (AvgIpc) is 1.88. The molecule has 0 bridgehead atoms. The molecule has 0 aromatic heterocycles. The minimum atomic E-state index is 0. The van der Waals surface area contributed by atoms with E-state index in [0.717, 1.165) is 0 Å². The fourth-order valence-electron chi connectivity index (χ4n) is 1.23. The predicted octanol–water partition coefficient (Wildman–Crippen LogP) is 3.12. The van der Waals surface area contributed by atoms with Crippen molar-refractivity contribution >= 4 is 0 Å². The Labute approximate surface area is 81.8 Å². The van der Waals surface area contributed by atoms with Gasteiger partial charge in [-0.2, -0.15) is 0 Å². The summed E-state index contributed by atoms with van der Waals surface area (Å²) in [5, 5.41) is 0. The molecule has 0 saturated carbocycles. The van der Waals surface area contributed by atoms with Crippen LogP contribution in [0.25, 0.3) is 0 Å². The second-order valence-electron chi connectivity index (χ2n) is 3.01. The first-order chi connectivity index (χ1) is 4.72. The smallest absolute Gasteiger partial charge is 0 e. The van der Waals surface area contributed by atoms with E-state index in [2.05, 4.69) is 45.0 Å². The summed E-state index contributed by atoms with van der Waals surface area (Å²) in [7, 11) is 0. The Balaban J connectivity index is 0.000001000. The monoisotopic (exact) mass is 236 g/mol. The van der Waals surface area contributed by atoms with Crippen LogP contribution in [0, 0.1) is 6.92 Å². The molecule has 0 aliphatic carbocycles. The Morgan fingerprint density at radius 3 is 2.00 bits per heavy atom. The summed E-state index contributed by atoms with van der Waals surface area (Å²) in [6, 6.07) is 8.54. The first-order valence-corrected chi connectivity index (χ1v) is 3.77. The third-order valence-electron chi connectivity index (χ3n) is 1.81. The molecular formula is C10H14Ru. The van der Waals surface area contributed by atoms with Crippen LogP contribution in [0.5, 0.6) is 0 Å². The Kier molecular flexibility index (Phi) is 4.60. The predicted molar refractivity (Wildman–Crippen MR) is 45.3 cm³/mol. The normalized spacial score (nSPS) is 9.45. The maximum Gasteiger partial charge on any atom is 0 e. The van der Waals surface area contributed by atoms with Crippen LogP contribution in [0.2, 0.25) is 0 Å². The fourth-order valence-corrected chi connectivity index (χ4v) is 1.23. The van der Waals surface area contributed by atoms with Crippen LogP contribution < -0.4 is 0 Å². The largest absolute Gasteiger partial charge is 0.0620 e. The van der Waals surface area contributed by atoms with Crippen molar-refractivity contribution < 1.29 is 19.5 Å². The molecule has 0 aliphatic rings. The van der Waals surface area contributed by atoms with Gasteiger partial charge in [0.05, 0.1) is 0 Å². The molecule has 0 amide bonds. The summed E-state index contributed by atoms with van der Waals surface area (Å²) in [4.78, 5) is 0. The van der Waals surface area contributed by atoms with Crippen molar-refractivity contribution in [2.75, 3.05) is 0 Å². The molecule has 1 aromatic carbocycles. The Bertz CT molecular complexity index is 216. The second kappa shape index (κ2) is 4.67. The van der Waals surface area contributed by atoms with Gasteiger partial charge in [0.1, 0.15) is 0 Å². The van der Waals surface area contributed by atoms with E-state index in [9.17, 15) is 0 Å². The minimum absolute atomic E-state index is 0. The van der Waals surface area contributed by atoms with Crippen LogP contribution >= 0.6 is 0 Å². The van der Waals surface area contributed by atoms with Gasteiger partial charge in [-0.05, 0) is 24.0 Å². The van der Waals surface area contributed by atoms with Crippen LogP contribution in [0.15, 0.2) is 24.3 Å². The van der Waals surface area contributed by atoms with E-state index in [1.54, 1.807) is 0 Å². The number of hydrogen-bond acceptors (Lipinski definition) is 0. The molecule has 0 spiro atoms. The second-order valence-corrected chi connectivity index (χ2v) is 3.01. The maximum absolute atomic E-state index is 2.22. The number of aryl methyl sites for hydroxylation is 1. The molecule has 0 atom stereocenters. The molecule has 0 saturated heterocycles. The molecule has 0 unspecified atom stereocenters. The summed E-state index contributed by atoms with van der Waals surface area (Å²) >= 11 is 0. The minimum Gasteiger partial charge on any atom is -0.0620 e. The van der Waals surface area contributed by atoms with Crippen LogP contribution in [-0.2, 0) is 19.5 Å². The van der Waals surface area contributed by atoms with Crippen molar-refractivity contribution in [3.63, 3.8) is 0 Å². The number of rotatable bonds is 1. The summed E-state index contributed by atoms with van der Waals surface area (Å²) in [6.45, 7) is 6.61. The maximum atomic E-state index is 2.22. The SMILES string of the molecule is Cc1ccccc1C(C)C.[Ru]. The van der Waals surface area contributed by atoms with Crippen molar-refractivity contribution in [2.45, 2.75) is 26.7 Å². The van der Waals surface area contributed by atoms with Crippen molar-refractivity contribution in [1.29, 1.82) is 0 Å². The molecule has 1 aromatic rings. The van der Waals surface area contributed by atoms with E-state index in [1.165, 1.54) is 11.1 Å². The summed E-state index contributed by atoms with van der Waals surface area (Å²) in [5.74, 6) is 0.654. The van der Waals surface area contributed by atoms with Gasteiger partial charge in [0.2, 0.25) is 0 Å². The zero-order valence-corrected chi connectivity index (χ0v) is 8.98. The quantitative estimate of drug-likeness (QED) is 0.656. The van der Waals surface area contributed by atoms with Gasteiger partial charge in [0.25, 0.3) is 0 Å². The fraction of sp³-hybridized carbons (Fsp3) is 0.400. The molecule has 0 radical (unpaired) electrons. The summed E-state index contributed by atoms with van der Waals surface area (Å²) in [6.07, 6.45) is 0. The Hall–Kier alpha value is -0.157. The van der Waals surface area contributed by atoms with Gasteiger partial charge in [-0.1, -0.05) is 38.1 Å². The van der Waals surface area contributed by atoms with Crippen molar-refractivity contribution in [1.82, 2.24) is 0 Å². The Morgan fingerprint density at radius 2 is 1.64 bits per heavy atom. The van der Waals surface area contributed by atoms with Crippen molar-refractivity contribution in [3.05, 3.63) is 35.4 Å². The van der Waals surface area contributed by atoms with Crippen LogP contribution in [0.3, 0.4) is 0 Å². The van der Waals surface area contributed by atoms with Crippen LogP contribution in [0.1, 0.15) is 30.9 Å². The molecule has 0 heterocycles.